The third-order valence-corrected chi connectivity index (χ3v) is 5.94. The van der Waals surface area contributed by atoms with Gasteiger partial charge >= 0.3 is 0 Å². The van der Waals surface area contributed by atoms with Crippen molar-refractivity contribution >= 4 is 21.6 Å². The first-order valence-electron chi connectivity index (χ1n) is 10.3. The van der Waals surface area contributed by atoms with E-state index in [1.165, 1.54) is 4.31 Å². The maximum absolute atomic E-state index is 12.8. The van der Waals surface area contributed by atoms with Gasteiger partial charge in [0.05, 0.1) is 18.6 Å². The summed E-state index contributed by atoms with van der Waals surface area (Å²) in [6.07, 6.45) is 3.10. The number of hydrogen-bond acceptors (Lipinski definition) is 4. The molecule has 0 spiro atoms. The van der Waals surface area contributed by atoms with Crippen LogP contribution in [-0.2, 0) is 21.2 Å². The molecule has 0 aromatic heterocycles. The van der Waals surface area contributed by atoms with Crippen LogP contribution in [0.4, 0.5) is 5.69 Å². The maximum Gasteiger partial charge on any atom is 0.243 e. The average Bonchev–Trinajstić information content (AvgIpc) is 2.69. The fraction of sp³-hybridized carbons (Fsp3) is 0.435. The van der Waals surface area contributed by atoms with Gasteiger partial charge in [-0.05, 0) is 68.5 Å². The van der Waals surface area contributed by atoms with E-state index in [0.717, 1.165) is 36.0 Å². The zero-order valence-electron chi connectivity index (χ0n) is 18.2. The number of hydrogen-bond donors (Lipinski definition) is 1. The zero-order valence-corrected chi connectivity index (χ0v) is 19.0. The summed E-state index contributed by atoms with van der Waals surface area (Å²) in [6.45, 7) is 6.78. The smallest absolute Gasteiger partial charge is 0.243 e. The molecule has 0 unspecified atom stereocenters. The van der Waals surface area contributed by atoms with Gasteiger partial charge in [-0.2, -0.15) is 0 Å². The summed E-state index contributed by atoms with van der Waals surface area (Å²) < 4.78 is 31.6. The largest absolute Gasteiger partial charge is 0.494 e. The van der Waals surface area contributed by atoms with Crippen molar-refractivity contribution < 1.29 is 17.9 Å². The van der Waals surface area contributed by atoms with E-state index in [1.807, 2.05) is 51.1 Å². The Morgan fingerprint density at radius 3 is 2.40 bits per heavy atom. The van der Waals surface area contributed by atoms with E-state index in [0.29, 0.717) is 25.3 Å². The highest BCUT2D eigenvalue weighted by atomic mass is 32.2. The Bertz CT molecular complexity index is 926. The van der Waals surface area contributed by atoms with E-state index >= 15 is 0 Å². The van der Waals surface area contributed by atoms with Crippen LogP contribution in [0.2, 0.25) is 0 Å². The SMILES string of the molecule is CCOc1ccc(CCCNC(=O)[C@H](CC)N(c2cccc(C)c2)S(C)(=O)=O)cc1. The lowest BCUT2D eigenvalue weighted by molar-refractivity contribution is -0.122. The van der Waals surface area contributed by atoms with Gasteiger partial charge in [0, 0.05) is 6.54 Å². The number of benzene rings is 2. The van der Waals surface area contributed by atoms with Gasteiger partial charge in [-0.3, -0.25) is 9.10 Å². The van der Waals surface area contributed by atoms with Crippen LogP contribution in [0.3, 0.4) is 0 Å². The number of anilines is 1. The summed E-state index contributed by atoms with van der Waals surface area (Å²) in [5.41, 5.74) is 2.61. The van der Waals surface area contributed by atoms with Gasteiger partial charge in [0.1, 0.15) is 11.8 Å². The third kappa shape index (κ3) is 6.76. The predicted octanol–water partition coefficient (Wildman–Crippen LogP) is 3.69. The Morgan fingerprint density at radius 1 is 1.13 bits per heavy atom. The number of carbonyl (C=O) groups is 1. The molecule has 2 aromatic carbocycles. The molecular weight excluding hydrogens is 400 g/mol. The molecule has 6 nitrogen and oxygen atoms in total. The molecule has 2 aromatic rings. The number of nitrogens with zero attached hydrogens (tertiary/aromatic N) is 1. The van der Waals surface area contributed by atoms with Crippen LogP contribution in [0.5, 0.6) is 5.75 Å². The van der Waals surface area contributed by atoms with Crippen molar-refractivity contribution in [2.24, 2.45) is 0 Å². The summed E-state index contributed by atoms with van der Waals surface area (Å²) in [4.78, 5) is 12.8. The summed E-state index contributed by atoms with van der Waals surface area (Å²) in [5, 5.41) is 2.90. The monoisotopic (exact) mass is 432 g/mol. The molecular formula is C23H32N2O4S. The van der Waals surface area contributed by atoms with Crippen LogP contribution in [0.15, 0.2) is 48.5 Å². The molecule has 7 heteroatoms. The minimum absolute atomic E-state index is 0.281. The van der Waals surface area contributed by atoms with E-state index in [1.54, 1.807) is 18.2 Å². The topological polar surface area (TPSA) is 75.7 Å². The van der Waals surface area contributed by atoms with Crippen molar-refractivity contribution in [1.82, 2.24) is 5.32 Å². The number of sulfonamides is 1. The second kappa shape index (κ2) is 11.0. The fourth-order valence-corrected chi connectivity index (χ4v) is 4.57. The summed E-state index contributed by atoms with van der Waals surface area (Å²) in [7, 11) is -3.61. The maximum atomic E-state index is 12.8. The first kappa shape index (κ1) is 23.7. The Morgan fingerprint density at radius 2 is 1.83 bits per heavy atom. The predicted molar refractivity (Wildman–Crippen MR) is 122 cm³/mol. The van der Waals surface area contributed by atoms with Gasteiger partial charge in [-0.1, -0.05) is 31.2 Å². The van der Waals surface area contributed by atoms with Gasteiger partial charge in [-0.25, -0.2) is 8.42 Å². The molecule has 0 fully saturated rings. The summed E-state index contributed by atoms with van der Waals surface area (Å²) in [5.74, 6) is 0.563. The molecule has 0 aliphatic rings. The van der Waals surface area contributed by atoms with Gasteiger partial charge in [0.15, 0.2) is 0 Å². The number of ether oxygens (including phenoxy) is 1. The third-order valence-electron chi connectivity index (χ3n) is 4.76. The number of amides is 1. The average molecular weight is 433 g/mol. The second-order valence-electron chi connectivity index (χ2n) is 7.29. The number of rotatable bonds is 11. The molecule has 1 amide bonds. The molecule has 0 radical (unpaired) electrons. The van der Waals surface area contributed by atoms with Crippen LogP contribution < -0.4 is 14.4 Å². The molecule has 164 valence electrons. The molecule has 1 N–H and O–H groups in total. The first-order valence-corrected chi connectivity index (χ1v) is 12.2. The quantitative estimate of drug-likeness (QED) is 0.550. The lowest BCUT2D eigenvalue weighted by atomic mass is 10.1. The van der Waals surface area contributed by atoms with Crippen molar-refractivity contribution in [2.45, 2.75) is 46.1 Å². The van der Waals surface area contributed by atoms with Gasteiger partial charge in [0.25, 0.3) is 0 Å². The van der Waals surface area contributed by atoms with E-state index in [9.17, 15) is 13.2 Å². The van der Waals surface area contributed by atoms with Crippen LogP contribution in [-0.4, -0.2) is 39.8 Å². The molecule has 2 rings (SSSR count). The fourth-order valence-electron chi connectivity index (χ4n) is 3.37. The van der Waals surface area contributed by atoms with Crippen molar-refractivity contribution in [3.05, 3.63) is 59.7 Å². The van der Waals surface area contributed by atoms with Crippen LogP contribution in [0, 0.1) is 6.92 Å². The Labute approximate surface area is 180 Å². The molecule has 0 saturated heterocycles. The van der Waals surface area contributed by atoms with Crippen molar-refractivity contribution in [3.8, 4) is 5.75 Å². The number of aryl methyl sites for hydroxylation is 2. The van der Waals surface area contributed by atoms with E-state index in [2.05, 4.69) is 5.32 Å². The van der Waals surface area contributed by atoms with Gasteiger partial charge < -0.3 is 10.1 Å². The number of nitrogens with one attached hydrogen (secondary N) is 1. The summed E-state index contributed by atoms with van der Waals surface area (Å²) >= 11 is 0. The molecule has 0 aliphatic heterocycles. The summed E-state index contributed by atoms with van der Waals surface area (Å²) in [6, 6.07) is 14.3. The molecule has 30 heavy (non-hydrogen) atoms. The van der Waals surface area contributed by atoms with E-state index in [4.69, 9.17) is 4.74 Å². The van der Waals surface area contributed by atoms with E-state index < -0.39 is 16.1 Å². The minimum atomic E-state index is -3.61. The molecule has 0 bridgehead atoms. The first-order chi connectivity index (χ1) is 14.3. The Balaban J connectivity index is 1.98. The normalized spacial score (nSPS) is 12.3. The minimum Gasteiger partial charge on any atom is -0.494 e. The molecule has 0 aliphatic carbocycles. The van der Waals surface area contributed by atoms with Crippen LogP contribution >= 0.6 is 0 Å². The lowest BCUT2D eigenvalue weighted by Crippen LogP contribution is -2.49. The second-order valence-corrected chi connectivity index (χ2v) is 9.15. The highest BCUT2D eigenvalue weighted by molar-refractivity contribution is 7.92. The van der Waals surface area contributed by atoms with Crippen molar-refractivity contribution in [3.63, 3.8) is 0 Å². The molecule has 1 atom stereocenters. The highest BCUT2D eigenvalue weighted by Gasteiger charge is 2.31. The Kier molecular flexibility index (Phi) is 8.72. The molecule has 0 saturated carbocycles. The Hall–Kier alpha value is -2.54. The van der Waals surface area contributed by atoms with Crippen molar-refractivity contribution in [2.75, 3.05) is 23.7 Å². The van der Waals surface area contributed by atoms with Crippen LogP contribution in [0.25, 0.3) is 0 Å². The van der Waals surface area contributed by atoms with E-state index in [-0.39, 0.29) is 5.91 Å². The van der Waals surface area contributed by atoms with Crippen LogP contribution in [0.1, 0.15) is 37.8 Å². The standard InChI is InChI=1S/C23H32N2O4S/c1-5-22(25(30(4,27)28)20-11-7-9-18(3)17-20)23(26)24-16-8-10-19-12-14-21(15-13-19)29-6-2/h7,9,11-15,17,22H,5-6,8,10,16H2,1-4H3,(H,24,26)/t22-/m0/s1. The number of carbonyl (C=O) groups excluding carboxylic acids is 1. The molecule has 0 heterocycles. The zero-order chi connectivity index (χ0) is 22.1. The van der Waals surface area contributed by atoms with Gasteiger partial charge in [-0.15, -0.1) is 0 Å². The highest BCUT2D eigenvalue weighted by Crippen LogP contribution is 2.23. The van der Waals surface area contributed by atoms with Gasteiger partial charge in [0.2, 0.25) is 15.9 Å². The lowest BCUT2D eigenvalue weighted by Gasteiger charge is -2.30. The van der Waals surface area contributed by atoms with Crippen molar-refractivity contribution in [1.29, 1.82) is 0 Å².